The number of hydrogen-bond acceptors (Lipinski definition) is 2. The van der Waals surface area contributed by atoms with E-state index in [9.17, 15) is 4.39 Å². The van der Waals surface area contributed by atoms with Crippen molar-refractivity contribution < 1.29 is 4.39 Å². The zero-order valence-corrected chi connectivity index (χ0v) is 12.3. The van der Waals surface area contributed by atoms with Crippen molar-refractivity contribution in [2.75, 3.05) is 20.1 Å². The van der Waals surface area contributed by atoms with Crippen molar-refractivity contribution in [1.82, 2.24) is 10.2 Å². The molecule has 2 nitrogen and oxygen atoms in total. The van der Waals surface area contributed by atoms with E-state index in [1.165, 1.54) is 25.3 Å². The van der Waals surface area contributed by atoms with Crippen molar-refractivity contribution in [2.45, 2.75) is 31.8 Å². The molecular weight excluding hydrogens is 295 g/mol. The normalized spacial score (nSPS) is 20.3. The summed E-state index contributed by atoms with van der Waals surface area (Å²) in [6, 6.07) is 5.83. The lowest BCUT2D eigenvalue weighted by Gasteiger charge is -2.28. The van der Waals surface area contributed by atoms with Crippen LogP contribution in [0.1, 0.15) is 24.8 Å². The molecule has 0 saturated carbocycles. The average Bonchev–Trinajstić information content (AvgIpc) is 2.34. The molecule has 1 unspecified atom stereocenters. The van der Waals surface area contributed by atoms with Gasteiger partial charge in [-0.25, -0.2) is 4.39 Å². The second-order valence-corrected chi connectivity index (χ2v) is 5.99. The molecule has 18 heavy (non-hydrogen) atoms. The van der Waals surface area contributed by atoms with Crippen LogP contribution in [-0.4, -0.2) is 31.1 Å². The first-order valence-electron chi connectivity index (χ1n) is 6.51. The molecule has 0 spiro atoms. The molecule has 100 valence electrons. The molecule has 1 N–H and O–H groups in total. The zero-order chi connectivity index (χ0) is 13.0. The Kier molecular flexibility index (Phi) is 5.15. The number of hydrogen-bond donors (Lipinski definition) is 1. The predicted octanol–water partition coefficient (Wildman–Crippen LogP) is 3.16. The molecule has 2 rings (SSSR count). The van der Waals surface area contributed by atoms with E-state index in [0.717, 1.165) is 23.1 Å². The topological polar surface area (TPSA) is 15.3 Å². The molecule has 0 amide bonds. The van der Waals surface area contributed by atoms with E-state index in [4.69, 9.17) is 0 Å². The molecule has 1 heterocycles. The highest BCUT2D eigenvalue weighted by molar-refractivity contribution is 9.10. The van der Waals surface area contributed by atoms with Crippen molar-refractivity contribution in [3.8, 4) is 0 Å². The number of benzene rings is 1. The quantitative estimate of drug-likeness (QED) is 0.918. The fraction of sp³-hybridized carbons (Fsp3) is 0.571. The second kappa shape index (κ2) is 6.64. The number of halogens is 2. The molecule has 1 atom stereocenters. The summed E-state index contributed by atoms with van der Waals surface area (Å²) >= 11 is 3.28. The molecule has 1 aliphatic rings. The molecule has 1 aromatic carbocycles. The van der Waals surface area contributed by atoms with Gasteiger partial charge in [0.15, 0.2) is 0 Å². The summed E-state index contributed by atoms with van der Waals surface area (Å²) in [4.78, 5) is 2.19. The molecule has 0 bridgehead atoms. The summed E-state index contributed by atoms with van der Waals surface area (Å²) in [6.45, 7) is 2.76. The lowest BCUT2D eigenvalue weighted by atomic mass is 10.0. The number of likely N-dealkylation sites (N-methyl/N-ethyl adjacent to an activating group) is 1. The fourth-order valence-corrected chi connectivity index (χ4v) is 2.79. The Morgan fingerprint density at radius 2 is 2.28 bits per heavy atom. The minimum atomic E-state index is -0.132. The first-order valence-corrected chi connectivity index (χ1v) is 7.30. The molecule has 1 aromatic rings. The van der Waals surface area contributed by atoms with Gasteiger partial charge in [-0.2, -0.15) is 0 Å². The van der Waals surface area contributed by atoms with Crippen LogP contribution in [-0.2, 0) is 6.54 Å². The maximum atomic E-state index is 13.7. The summed E-state index contributed by atoms with van der Waals surface area (Å²) in [5.74, 6) is -0.132. The first kappa shape index (κ1) is 14.0. The van der Waals surface area contributed by atoms with Gasteiger partial charge in [0, 0.05) is 29.2 Å². The van der Waals surface area contributed by atoms with Gasteiger partial charge >= 0.3 is 0 Å². The highest BCUT2D eigenvalue weighted by Crippen LogP contribution is 2.17. The summed E-state index contributed by atoms with van der Waals surface area (Å²) < 4.78 is 14.5. The minimum absolute atomic E-state index is 0.132. The van der Waals surface area contributed by atoms with Gasteiger partial charge in [0.05, 0.1) is 0 Å². The van der Waals surface area contributed by atoms with Crippen LogP contribution in [0, 0.1) is 5.82 Å². The maximum Gasteiger partial charge on any atom is 0.128 e. The van der Waals surface area contributed by atoms with Gasteiger partial charge in [-0.3, -0.25) is 0 Å². The molecule has 0 aliphatic carbocycles. The Morgan fingerprint density at radius 3 is 2.94 bits per heavy atom. The summed E-state index contributed by atoms with van der Waals surface area (Å²) in [7, 11) is 2.05. The van der Waals surface area contributed by atoms with Crippen molar-refractivity contribution in [2.24, 2.45) is 0 Å². The molecule has 0 aromatic heterocycles. The largest absolute Gasteiger partial charge is 0.313 e. The van der Waals surface area contributed by atoms with E-state index in [1.807, 2.05) is 12.1 Å². The molecule has 1 aliphatic heterocycles. The molecular formula is C14H20BrFN2. The van der Waals surface area contributed by atoms with E-state index in [0.29, 0.717) is 12.6 Å². The third kappa shape index (κ3) is 4.04. The number of piperidine rings is 1. The second-order valence-electron chi connectivity index (χ2n) is 5.08. The fourth-order valence-electron chi connectivity index (χ4n) is 2.46. The Labute approximate surface area is 117 Å². The van der Waals surface area contributed by atoms with E-state index in [-0.39, 0.29) is 5.82 Å². The molecule has 1 saturated heterocycles. The summed E-state index contributed by atoms with van der Waals surface area (Å²) in [5.41, 5.74) is 0.761. The minimum Gasteiger partial charge on any atom is -0.313 e. The van der Waals surface area contributed by atoms with E-state index < -0.39 is 0 Å². The van der Waals surface area contributed by atoms with Crippen molar-refractivity contribution in [3.63, 3.8) is 0 Å². The van der Waals surface area contributed by atoms with Gasteiger partial charge in [-0.05, 0) is 38.6 Å². The van der Waals surface area contributed by atoms with Crippen LogP contribution in [0.25, 0.3) is 0 Å². The molecule has 0 radical (unpaired) electrons. The monoisotopic (exact) mass is 314 g/mol. The predicted molar refractivity (Wildman–Crippen MR) is 76.1 cm³/mol. The summed E-state index contributed by atoms with van der Waals surface area (Å²) in [5, 5.41) is 3.52. The molecule has 1 fully saturated rings. The Bertz CT molecular complexity index is 391. The lowest BCUT2D eigenvalue weighted by molar-refractivity contribution is 0.254. The zero-order valence-electron chi connectivity index (χ0n) is 10.8. The van der Waals surface area contributed by atoms with Gasteiger partial charge < -0.3 is 10.2 Å². The van der Waals surface area contributed by atoms with E-state index in [1.54, 1.807) is 0 Å². The number of nitrogens with zero attached hydrogens (tertiary/aromatic N) is 1. The lowest BCUT2D eigenvalue weighted by Crippen LogP contribution is -2.42. The third-order valence-corrected chi connectivity index (χ3v) is 3.89. The number of rotatable bonds is 4. The average molecular weight is 315 g/mol. The van der Waals surface area contributed by atoms with Crippen LogP contribution >= 0.6 is 15.9 Å². The van der Waals surface area contributed by atoms with Crippen molar-refractivity contribution in [1.29, 1.82) is 0 Å². The van der Waals surface area contributed by atoms with Gasteiger partial charge in [0.25, 0.3) is 0 Å². The first-order chi connectivity index (χ1) is 8.65. The van der Waals surface area contributed by atoms with Crippen LogP contribution in [0.15, 0.2) is 22.7 Å². The van der Waals surface area contributed by atoms with E-state index >= 15 is 0 Å². The molecule has 4 heteroatoms. The van der Waals surface area contributed by atoms with Gasteiger partial charge in [-0.1, -0.05) is 28.4 Å². The van der Waals surface area contributed by atoms with Gasteiger partial charge in [0.1, 0.15) is 5.82 Å². The van der Waals surface area contributed by atoms with E-state index in [2.05, 4.69) is 33.2 Å². The van der Waals surface area contributed by atoms with Crippen molar-refractivity contribution >= 4 is 15.9 Å². The van der Waals surface area contributed by atoms with Crippen molar-refractivity contribution in [3.05, 3.63) is 34.1 Å². The standard InChI is InChI=1S/C14H20BrFN2/c1-18(10-13-4-2-3-7-17-13)9-11-5-6-12(15)8-14(11)16/h5-6,8,13,17H,2-4,7,9-10H2,1H3. The highest BCUT2D eigenvalue weighted by Gasteiger charge is 2.15. The van der Waals surface area contributed by atoms with Crippen LogP contribution in [0.4, 0.5) is 4.39 Å². The maximum absolute atomic E-state index is 13.7. The Balaban J connectivity index is 1.87. The smallest absolute Gasteiger partial charge is 0.128 e. The number of nitrogens with one attached hydrogen (secondary N) is 1. The Morgan fingerprint density at radius 1 is 1.44 bits per heavy atom. The van der Waals surface area contributed by atoms with Gasteiger partial charge in [0.2, 0.25) is 0 Å². The Hall–Kier alpha value is -0.450. The van der Waals surface area contributed by atoms with Crippen LogP contribution < -0.4 is 5.32 Å². The van der Waals surface area contributed by atoms with Crippen LogP contribution in [0.2, 0.25) is 0 Å². The van der Waals surface area contributed by atoms with Crippen LogP contribution in [0.5, 0.6) is 0 Å². The highest BCUT2D eigenvalue weighted by atomic mass is 79.9. The van der Waals surface area contributed by atoms with Gasteiger partial charge in [-0.15, -0.1) is 0 Å². The van der Waals surface area contributed by atoms with Crippen LogP contribution in [0.3, 0.4) is 0 Å². The summed E-state index contributed by atoms with van der Waals surface area (Å²) in [6.07, 6.45) is 3.81. The third-order valence-electron chi connectivity index (χ3n) is 3.40. The SMILES string of the molecule is CN(Cc1ccc(Br)cc1F)CC1CCCCN1.